The predicted molar refractivity (Wildman–Crippen MR) is 75.3 cm³/mol. The van der Waals surface area contributed by atoms with E-state index in [9.17, 15) is 0 Å². The molecule has 19 heavy (non-hydrogen) atoms. The summed E-state index contributed by atoms with van der Waals surface area (Å²) in [5.74, 6) is 0. The molecular formula is C13H12Cl2N4. The summed E-state index contributed by atoms with van der Waals surface area (Å²) in [6, 6.07) is 7.42. The summed E-state index contributed by atoms with van der Waals surface area (Å²) in [6.45, 7) is 1.61. The maximum atomic E-state index is 6.31. The lowest BCUT2D eigenvalue weighted by Gasteiger charge is -2.29. The molecule has 0 bridgehead atoms. The van der Waals surface area contributed by atoms with E-state index in [0.29, 0.717) is 15.7 Å². The summed E-state index contributed by atoms with van der Waals surface area (Å²) in [5.41, 5.74) is 0.797. The Morgan fingerprint density at radius 2 is 1.79 bits per heavy atom. The normalized spacial score (nSPS) is 17.6. The number of hydrogen-bond acceptors (Lipinski definition) is 4. The summed E-state index contributed by atoms with van der Waals surface area (Å²) in [4.78, 5) is 8.80. The molecule has 3 rings (SSSR count). The molecule has 0 atom stereocenters. The lowest BCUT2D eigenvalue weighted by molar-refractivity contribution is 0.400. The second-order valence-electron chi connectivity index (χ2n) is 4.27. The standard InChI is InChI=1S/C13H12Cl2N4/c14-9-4-6-17-12(11(9)15)13(18-7-8-19-13)10-3-1-2-5-16-10/h1-6,18-19H,7-8H2. The second-order valence-corrected chi connectivity index (χ2v) is 5.06. The van der Waals surface area contributed by atoms with Gasteiger partial charge < -0.3 is 0 Å². The molecule has 0 radical (unpaired) electrons. The van der Waals surface area contributed by atoms with Crippen molar-refractivity contribution in [3.05, 3.63) is 58.1 Å². The van der Waals surface area contributed by atoms with Crippen molar-refractivity contribution in [3.63, 3.8) is 0 Å². The Morgan fingerprint density at radius 3 is 2.47 bits per heavy atom. The molecule has 6 heteroatoms. The van der Waals surface area contributed by atoms with E-state index in [1.165, 1.54) is 0 Å². The molecule has 0 unspecified atom stereocenters. The number of hydrogen-bond donors (Lipinski definition) is 2. The first kappa shape index (κ1) is 12.8. The van der Waals surface area contributed by atoms with Crippen LogP contribution in [0.4, 0.5) is 0 Å². The summed E-state index contributed by atoms with van der Waals surface area (Å²) >= 11 is 12.4. The van der Waals surface area contributed by atoms with E-state index < -0.39 is 5.66 Å². The lowest BCUT2D eigenvalue weighted by Crippen LogP contribution is -2.48. The molecule has 0 saturated carbocycles. The number of nitrogens with zero attached hydrogens (tertiary/aromatic N) is 2. The van der Waals surface area contributed by atoms with Crippen molar-refractivity contribution in [2.24, 2.45) is 0 Å². The molecule has 1 fully saturated rings. The highest BCUT2D eigenvalue weighted by atomic mass is 35.5. The van der Waals surface area contributed by atoms with Gasteiger partial charge in [-0.25, -0.2) is 0 Å². The van der Waals surface area contributed by atoms with Crippen molar-refractivity contribution in [1.29, 1.82) is 0 Å². The highest BCUT2D eigenvalue weighted by molar-refractivity contribution is 6.42. The van der Waals surface area contributed by atoms with E-state index in [-0.39, 0.29) is 0 Å². The van der Waals surface area contributed by atoms with Gasteiger partial charge in [0.2, 0.25) is 0 Å². The summed E-state index contributed by atoms with van der Waals surface area (Å²) < 4.78 is 0. The Labute approximate surface area is 121 Å². The molecule has 4 nitrogen and oxygen atoms in total. The van der Waals surface area contributed by atoms with Crippen molar-refractivity contribution in [3.8, 4) is 0 Å². The van der Waals surface area contributed by atoms with Crippen LogP contribution in [0.25, 0.3) is 0 Å². The van der Waals surface area contributed by atoms with Crippen LogP contribution in [0.2, 0.25) is 10.0 Å². The minimum Gasteiger partial charge on any atom is -0.288 e. The number of halogens is 2. The molecule has 2 N–H and O–H groups in total. The molecular weight excluding hydrogens is 283 g/mol. The highest BCUT2D eigenvalue weighted by Gasteiger charge is 2.41. The third-order valence-electron chi connectivity index (χ3n) is 3.15. The fourth-order valence-corrected chi connectivity index (χ4v) is 2.70. The molecule has 2 aromatic rings. The van der Waals surface area contributed by atoms with Gasteiger partial charge in [0, 0.05) is 25.5 Å². The Balaban J connectivity index is 2.19. The monoisotopic (exact) mass is 294 g/mol. The zero-order valence-corrected chi connectivity index (χ0v) is 11.5. The molecule has 1 aliphatic rings. The minimum atomic E-state index is -0.677. The maximum absolute atomic E-state index is 6.31. The third kappa shape index (κ3) is 2.11. The maximum Gasteiger partial charge on any atom is 0.158 e. The minimum absolute atomic E-state index is 0.441. The zero-order chi connectivity index (χ0) is 13.3. The van der Waals surface area contributed by atoms with Gasteiger partial charge in [-0.2, -0.15) is 0 Å². The Morgan fingerprint density at radius 1 is 1.00 bits per heavy atom. The predicted octanol–water partition coefficient (Wildman–Crippen LogP) is 2.18. The van der Waals surface area contributed by atoms with Gasteiger partial charge in [-0.3, -0.25) is 20.6 Å². The first-order valence-corrected chi connectivity index (χ1v) is 6.72. The number of nitrogens with one attached hydrogen (secondary N) is 2. The first-order valence-electron chi connectivity index (χ1n) is 5.96. The van der Waals surface area contributed by atoms with Gasteiger partial charge >= 0.3 is 0 Å². The summed E-state index contributed by atoms with van der Waals surface area (Å²) in [7, 11) is 0. The van der Waals surface area contributed by atoms with Crippen LogP contribution in [0.15, 0.2) is 36.7 Å². The van der Waals surface area contributed by atoms with E-state index in [4.69, 9.17) is 23.2 Å². The molecule has 3 heterocycles. The fourth-order valence-electron chi connectivity index (χ4n) is 2.30. The Bertz CT molecular complexity index is 582. The number of aromatic nitrogens is 2. The van der Waals surface area contributed by atoms with Gasteiger partial charge in [0.05, 0.1) is 15.7 Å². The summed E-state index contributed by atoms with van der Waals surface area (Å²) in [6.07, 6.45) is 3.40. The van der Waals surface area contributed by atoms with Gasteiger partial charge in [0.15, 0.2) is 5.66 Å². The zero-order valence-electron chi connectivity index (χ0n) is 10.0. The Hall–Kier alpha value is -1.20. The SMILES string of the molecule is Clc1ccnc(C2(c3ccccn3)NCCN2)c1Cl. The van der Waals surface area contributed by atoms with E-state index in [0.717, 1.165) is 18.8 Å². The van der Waals surface area contributed by atoms with E-state index in [2.05, 4.69) is 20.6 Å². The van der Waals surface area contributed by atoms with Crippen molar-refractivity contribution in [2.75, 3.05) is 13.1 Å². The second kappa shape index (κ2) is 5.06. The smallest absolute Gasteiger partial charge is 0.158 e. The molecule has 1 aliphatic heterocycles. The van der Waals surface area contributed by atoms with E-state index >= 15 is 0 Å². The van der Waals surface area contributed by atoms with Gasteiger partial charge in [-0.05, 0) is 18.2 Å². The van der Waals surface area contributed by atoms with Crippen LogP contribution in [-0.4, -0.2) is 23.1 Å². The highest BCUT2D eigenvalue weighted by Crippen LogP contribution is 2.34. The van der Waals surface area contributed by atoms with Crippen LogP contribution >= 0.6 is 23.2 Å². The van der Waals surface area contributed by atoms with Crippen LogP contribution in [-0.2, 0) is 5.66 Å². The van der Waals surface area contributed by atoms with Gasteiger partial charge in [0.1, 0.15) is 5.69 Å². The fraction of sp³-hybridized carbons (Fsp3) is 0.231. The van der Waals surface area contributed by atoms with Crippen molar-refractivity contribution in [2.45, 2.75) is 5.66 Å². The number of pyridine rings is 2. The van der Waals surface area contributed by atoms with Crippen molar-refractivity contribution >= 4 is 23.2 Å². The van der Waals surface area contributed by atoms with Gasteiger partial charge in [0.25, 0.3) is 0 Å². The van der Waals surface area contributed by atoms with Crippen LogP contribution < -0.4 is 10.6 Å². The molecule has 0 amide bonds. The van der Waals surface area contributed by atoms with Crippen LogP contribution in [0.5, 0.6) is 0 Å². The van der Waals surface area contributed by atoms with Crippen molar-refractivity contribution in [1.82, 2.24) is 20.6 Å². The summed E-state index contributed by atoms with van der Waals surface area (Å²) in [5, 5.41) is 7.71. The molecule has 98 valence electrons. The molecule has 1 saturated heterocycles. The van der Waals surface area contributed by atoms with Crippen molar-refractivity contribution < 1.29 is 0 Å². The van der Waals surface area contributed by atoms with Crippen LogP contribution in [0.1, 0.15) is 11.4 Å². The molecule has 2 aromatic heterocycles. The largest absolute Gasteiger partial charge is 0.288 e. The molecule has 0 spiro atoms. The van der Waals surface area contributed by atoms with Gasteiger partial charge in [-0.1, -0.05) is 29.3 Å². The molecule has 0 aromatic carbocycles. The van der Waals surface area contributed by atoms with Crippen LogP contribution in [0, 0.1) is 0 Å². The van der Waals surface area contributed by atoms with E-state index in [1.54, 1.807) is 18.5 Å². The Kier molecular flexibility index (Phi) is 3.41. The van der Waals surface area contributed by atoms with Crippen LogP contribution in [0.3, 0.4) is 0 Å². The van der Waals surface area contributed by atoms with E-state index in [1.807, 2.05) is 18.2 Å². The van der Waals surface area contributed by atoms with Gasteiger partial charge in [-0.15, -0.1) is 0 Å². The first-order chi connectivity index (χ1) is 9.24. The topological polar surface area (TPSA) is 49.8 Å². The average Bonchev–Trinajstić information content (AvgIpc) is 2.93. The quantitative estimate of drug-likeness (QED) is 0.891. The number of rotatable bonds is 2. The molecule has 0 aliphatic carbocycles. The lowest BCUT2D eigenvalue weighted by atomic mass is 10.0. The third-order valence-corrected chi connectivity index (χ3v) is 3.95. The average molecular weight is 295 g/mol.